The number of rotatable bonds is 9. The molecule has 0 amide bonds. The summed E-state index contributed by atoms with van der Waals surface area (Å²) in [6.45, 7) is 4.45. The van der Waals surface area contributed by atoms with Gasteiger partial charge in [0.15, 0.2) is 0 Å². The number of methoxy groups -OCH3 is 1. The molecule has 0 spiro atoms. The van der Waals surface area contributed by atoms with Gasteiger partial charge < -0.3 is 10.1 Å². The zero-order valence-electron chi connectivity index (χ0n) is 14.8. The molecule has 25 heavy (non-hydrogen) atoms. The second-order valence-electron chi connectivity index (χ2n) is 5.68. The lowest BCUT2D eigenvalue weighted by atomic mass is 10.2. The number of pyridine rings is 1. The number of ether oxygens (including phenoxy) is 1. The topological polar surface area (TPSA) is 80.3 Å². The lowest BCUT2D eigenvalue weighted by Gasteiger charge is -2.15. The summed E-state index contributed by atoms with van der Waals surface area (Å²) in [5.41, 5.74) is 0.999. The molecule has 6 nitrogen and oxygen atoms in total. The van der Waals surface area contributed by atoms with Crippen LogP contribution in [0.4, 0.5) is 5.82 Å². The van der Waals surface area contributed by atoms with Gasteiger partial charge in [0.25, 0.3) is 0 Å². The van der Waals surface area contributed by atoms with E-state index >= 15 is 0 Å². The second-order valence-corrected chi connectivity index (χ2v) is 7.39. The average molecular weight is 363 g/mol. The SMILES string of the molecule is CCC(CC)NS(=O)(=O)c1ccc(NCc2ccccc2OC)nc1. The Morgan fingerprint density at radius 2 is 1.84 bits per heavy atom. The van der Waals surface area contributed by atoms with Crippen molar-refractivity contribution in [3.8, 4) is 5.75 Å². The highest BCUT2D eigenvalue weighted by atomic mass is 32.2. The van der Waals surface area contributed by atoms with Crippen LogP contribution >= 0.6 is 0 Å². The molecule has 2 rings (SSSR count). The summed E-state index contributed by atoms with van der Waals surface area (Å²) in [6.07, 6.45) is 2.87. The summed E-state index contributed by atoms with van der Waals surface area (Å²) >= 11 is 0. The van der Waals surface area contributed by atoms with Crippen LogP contribution in [0.1, 0.15) is 32.3 Å². The molecule has 1 heterocycles. The van der Waals surface area contributed by atoms with Gasteiger partial charge in [0.1, 0.15) is 16.5 Å². The number of anilines is 1. The number of para-hydroxylation sites is 1. The van der Waals surface area contributed by atoms with Crippen LogP contribution < -0.4 is 14.8 Å². The smallest absolute Gasteiger partial charge is 0.242 e. The molecule has 136 valence electrons. The average Bonchev–Trinajstić information content (AvgIpc) is 2.65. The summed E-state index contributed by atoms with van der Waals surface area (Å²) in [5.74, 6) is 1.40. The summed E-state index contributed by atoms with van der Waals surface area (Å²) in [4.78, 5) is 4.37. The van der Waals surface area contributed by atoms with E-state index in [9.17, 15) is 8.42 Å². The lowest BCUT2D eigenvalue weighted by Crippen LogP contribution is -2.33. The van der Waals surface area contributed by atoms with Gasteiger partial charge in [0, 0.05) is 24.3 Å². The van der Waals surface area contributed by atoms with Gasteiger partial charge in [-0.3, -0.25) is 0 Å². The first kappa shape index (κ1) is 19.2. The van der Waals surface area contributed by atoms with Gasteiger partial charge in [-0.2, -0.15) is 0 Å². The van der Waals surface area contributed by atoms with E-state index in [4.69, 9.17) is 4.74 Å². The number of aromatic nitrogens is 1. The summed E-state index contributed by atoms with van der Waals surface area (Å²) in [5, 5.41) is 3.17. The van der Waals surface area contributed by atoms with Crippen LogP contribution in [-0.4, -0.2) is 26.6 Å². The first-order valence-corrected chi connectivity index (χ1v) is 9.82. The maximum atomic E-state index is 12.3. The van der Waals surface area contributed by atoms with E-state index in [1.54, 1.807) is 19.2 Å². The number of benzene rings is 1. The molecule has 7 heteroatoms. The van der Waals surface area contributed by atoms with Crippen LogP contribution in [0.2, 0.25) is 0 Å². The Bertz CT molecular complexity index is 772. The first-order valence-electron chi connectivity index (χ1n) is 8.34. The van der Waals surface area contributed by atoms with Crippen LogP contribution in [0.5, 0.6) is 5.75 Å². The standard InChI is InChI=1S/C18H25N3O3S/c1-4-15(5-2)21-25(22,23)16-10-11-18(20-13-16)19-12-14-8-6-7-9-17(14)24-3/h6-11,13,15,21H,4-5,12H2,1-3H3,(H,19,20). The Morgan fingerprint density at radius 1 is 1.12 bits per heavy atom. The van der Waals surface area contributed by atoms with Gasteiger partial charge in [-0.1, -0.05) is 32.0 Å². The lowest BCUT2D eigenvalue weighted by molar-refractivity contribution is 0.410. The number of nitrogens with one attached hydrogen (secondary N) is 2. The minimum atomic E-state index is -3.54. The van der Waals surface area contributed by atoms with E-state index in [0.717, 1.165) is 24.2 Å². The van der Waals surface area contributed by atoms with Gasteiger partial charge in [-0.25, -0.2) is 18.1 Å². The Balaban J connectivity index is 2.04. The molecule has 0 fully saturated rings. The molecule has 2 N–H and O–H groups in total. The first-order chi connectivity index (χ1) is 12.0. The van der Waals surface area contributed by atoms with Crippen LogP contribution in [0.15, 0.2) is 47.5 Å². The van der Waals surface area contributed by atoms with E-state index in [2.05, 4.69) is 15.0 Å². The Hall–Kier alpha value is -2.12. The third-order valence-corrected chi connectivity index (χ3v) is 5.51. The van der Waals surface area contributed by atoms with E-state index in [1.165, 1.54) is 6.20 Å². The molecule has 0 saturated heterocycles. The van der Waals surface area contributed by atoms with Gasteiger partial charge in [0.2, 0.25) is 10.0 Å². The zero-order chi connectivity index (χ0) is 18.3. The van der Waals surface area contributed by atoms with Crippen molar-refractivity contribution >= 4 is 15.8 Å². The maximum absolute atomic E-state index is 12.3. The number of sulfonamides is 1. The minimum Gasteiger partial charge on any atom is -0.496 e. The van der Waals surface area contributed by atoms with E-state index in [0.29, 0.717) is 12.4 Å². The molecule has 0 aliphatic carbocycles. The molecule has 1 aromatic carbocycles. The van der Waals surface area contributed by atoms with Crippen LogP contribution in [0.3, 0.4) is 0 Å². The third kappa shape index (κ3) is 5.17. The Kier molecular flexibility index (Phi) is 6.78. The van der Waals surface area contributed by atoms with Crippen molar-refractivity contribution in [2.75, 3.05) is 12.4 Å². The molecule has 1 aromatic heterocycles. The fourth-order valence-corrected chi connectivity index (χ4v) is 3.77. The van der Waals surface area contributed by atoms with Crippen molar-refractivity contribution in [3.63, 3.8) is 0 Å². The largest absolute Gasteiger partial charge is 0.496 e. The summed E-state index contributed by atoms with van der Waals surface area (Å²) in [6, 6.07) is 10.9. The van der Waals surface area contributed by atoms with Crippen molar-refractivity contribution in [2.24, 2.45) is 0 Å². The van der Waals surface area contributed by atoms with Crippen molar-refractivity contribution in [1.82, 2.24) is 9.71 Å². The van der Waals surface area contributed by atoms with Gasteiger partial charge >= 0.3 is 0 Å². The van der Waals surface area contributed by atoms with Gasteiger partial charge in [-0.05, 0) is 31.0 Å². The molecule has 0 unspecified atom stereocenters. The highest BCUT2D eigenvalue weighted by Gasteiger charge is 2.18. The van der Waals surface area contributed by atoms with E-state index in [1.807, 2.05) is 38.1 Å². The molecule has 0 aliphatic heterocycles. The van der Waals surface area contributed by atoms with Crippen molar-refractivity contribution in [2.45, 2.75) is 44.2 Å². The van der Waals surface area contributed by atoms with E-state index in [-0.39, 0.29) is 10.9 Å². The summed E-state index contributed by atoms with van der Waals surface area (Å²) < 4.78 is 32.7. The van der Waals surface area contributed by atoms with Gasteiger partial charge in [-0.15, -0.1) is 0 Å². The molecule has 2 aromatic rings. The monoisotopic (exact) mass is 363 g/mol. The molecule has 0 bridgehead atoms. The quantitative estimate of drug-likeness (QED) is 0.715. The number of hydrogen-bond acceptors (Lipinski definition) is 5. The van der Waals surface area contributed by atoms with Crippen molar-refractivity contribution < 1.29 is 13.2 Å². The van der Waals surface area contributed by atoms with Crippen molar-refractivity contribution in [3.05, 3.63) is 48.2 Å². The van der Waals surface area contributed by atoms with Crippen LogP contribution in [-0.2, 0) is 16.6 Å². The molecule has 0 atom stereocenters. The van der Waals surface area contributed by atoms with E-state index < -0.39 is 10.0 Å². The van der Waals surface area contributed by atoms with Crippen molar-refractivity contribution in [1.29, 1.82) is 0 Å². The molecular weight excluding hydrogens is 338 g/mol. The molecular formula is C18H25N3O3S. The molecule has 0 radical (unpaired) electrons. The predicted octanol–water partition coefficient (Wildman–Crippen LogP) is 3.17. The summed E-state index contributed by atoms with van der Waals surface area (Å²) in [7, 11) is -1.91. The van der Waals surface area contributed by atoms with Gasteiger partial charge in [0.05, 0.1) is 7.11 Å². The minimum absolute atomic E-state index is 0.0617. The molecule has 0 saturated carbocycles. The Labute approximate surface area is 149 Å². The van der Waals surface area contributed by atoms with Crippen LogP contribution in [0.25, 0.3) is 0 Å². The highest BCUT2D eigenvalue weighted by molar-refractivity contribution is 7.89. The molecule has 0 aliphatic rings. The number of nitrogens with zero attached hydrogens (tertiary/aromatic N) is 1. The third-order valence-electron chi connectivity index (χ3n) is 4.01. The van der Waals surface area contributed by atoms with Crippen LogP contribution in [0, 0.1) is 0 Å². The predicted molar refractivity (Wildman–Crippen MR) is 99.2 cm³/mol. The fraction of sp³-hybridized carbons (Fsp3) is 0.389. The number of hydrogen-bond donors (Lipinski definition) is 2. The maximum Gasteiger partial charge on any atom is 0.242 e. The second kappa shape index (κ2) is 8.82. The highest BCUT2D eigenvalue weighted by Crippen LogP contribution is 2.19. The fourth-order valence-electron chi connectivity index (χ4n) is 2.42. The Morgan fingerprint density at radius 3 is 2.44 bits per heavy atom. The normalized spacial score (nSPS) is 11.5. The zero-order valence-corrected chi connectivity index (χ0v) is 15.6.